The third-order valence-corrected chi connectivity index (χ3v) is 5.10. The molecule has 1 aliphatic carbocycles. The molecular weight excluding hydrogens is 248 g/mol. The van der Waals surface area contributed by atoms with Crippen LogP contribution in [0.3, 0.4) is 0 Å². The van der Waals surface area contributed by atoms with E-state index in [9.17, 15) is 4.79 Å². The zero-order chi connectivity index (χ0) is 14.2. The summed E-state index contributed by atoms with van der Waals surface area (Å²) in [4.78, 5) is 12.2. The van der Waals surface area contributed by atoms with Gasteiger partial charge in [0.1, 0.15) is 0 Å². The smallest absolute Gasteiger partial charge is 0.223 e. The molecule has 0 bridgehead atoms. The zero-order valence-electron chi connectivity index (χ0n) is 12.4. The van der Waals surface area contributed by atoms with Crippen molar-refractivity contribution in [3.63, 3.8) is 0 Å². The molecule has 3 heteroatoms. The number of hydrogen-bond donors (Lipinski definition) is 2. The molecule has 1 aromatic carbocycles. The molecular formula is C17H24N2O. The summed E-state index contributed by atoms with van der Waals surface area (Å²) >= 11 is 0. The van der Waals surface area contributed by atoms with Crippen LogP contribution >= 0.6 is 0 Å². The molecule has 20 heavy (non-hydrogen) atoms. The van der Waals surface area contributed by atoms with Crippen LogP contribution in [-0.2, 0) is 10.2 Å². The second kappa shape index (κ2) is 5.21. The van der Waals surface area contributed by atoms with Gasteiger partial charge in [0.05, 0.1) is 0 Å². The molecule has 2 N–H and O–H groups in total. The van der Waals surface area contributed by atoms with Crippen molar-refractivity contribution in [2.45, 2.75) is 32.1 Å². The van der Waals surface area contributed by atoms with Crippen LogP contribution in [-0.4, -0.2) is 25.5 Å². The highest BCUT2D eigenvalue weighted by atomic mass is 16.1. The molecule has 2 aliphatic rings. The summed E-state index contributed by atoms with van der Waals surface area (Å²) in [7, 11) is 0. The average molecular weight is 272 g/mol. The molecule has 3 nitrogen and oxygen atoms in total. The maximum absolute atomic E-state index is 12.2. The highest BCUT2D eigenvalue weighted by Gasteiger charge is 2.45. The standard InChI is InChI=1S/C17H24N2O/c1-12-5-3-4-6-15(12)17(7-8-17)11-19-16(20)13(2)14-9-18-10-14/h3-6,13-14,18H,7-11H2,1-2H3,(H,19,20). The van der Waals surface area contributed by atoms with E-state index in [1.54, 1.807) is 0 Å². The molecule has 1 saturated carbocycles. The monoisotopic (exact) mass is 272 g/mol. The van der Waals surface area contributed by atoms with Crippen molar-refractivity contribution >= 4 is 5.91 Å². The fourth-order valence-electron chi connectivity index (χ4n) is 3.16. The lowest BCUT2D eigenvalue weighted by Gasteiger charge is -2.32. The molecule has 1 aliphatic heterocycles. The quantitative estimate of drug-likeness (QED) is 0.861. The first-order chi connectivity index (χ1) is 9.62. The summed E-state index contributed by atoms with van der Waals surface area (Å²) in [6, 6.07) is 8.57. The van der Waals surface area contributed by atoms with E-state index in [0.717, 1.165) is 19.6 Å². The Morgan fingerprint density at radius 3 is 2.65 bits per heavy atom. The highest BCUT2D eigenvalue weighted by molar-refractivity contribution is 5.79. The molecule has 1 atom stereocenters. The Morgan fingerprint density at radius 2 is 2.10 bits per heavy atom. The van der Waals surface area contributed by atoms with Gasteiger partial charge in [-0.05, 0) is 49.9 Å². The van der Waals surface area contributed by atoms with Crippen molar-refractivity contribution in [1.82, 2.24) is 10.6 Å². The minimum atomic E-state index is 0.129. The number of carbonyl (C=O) groups excluding carboxylic acids is 1. The van der Waals surface area contributed by atoms with Gasteiger partial charge in [-0.3, -0.25) is 4.79 Å². The second-order valence-corrected chi connectivity index (χ2v) is 6.52. The van der Waals surface area contributed by atoms with Gasteiger partial charge in [0, 0.05) is 17.9 Å². The number of carbonyl (C=O) groups is 1. The normalized spacial score (nSPS) is 21.9. The topological polar surface area (TPSA) is 41.1 Å². The Hall–Kier alpha value is -1.35. The van der Waals surface area contributed by atoms with E-state index in [2.05, 4.69) is 41.8 Å². The van der Waals surface area contributed by atoms with Gasteiger partial charge in [0.15, 0.2) is 0 Å². The van der Waals surface area contributed by atoms with Gasteiger partial charge in [0.2, 0.25) is 5.91 Å². The molecule has 3 rings (SSSR count). The summed E-state index contributed by atoms with van der Waals surface area (Å²) in [6.45, 7) is 6.98. The molecule has 0 radical (unpaired) electrons. The third-order valence-electron chi connectivity index (χ3n) is 5.10. The van der Waals surface area contributed by atoms with E-state index in [1.807, 2.05) is 6.92 Å². The minimum absolute atomic E-state index is 0.129. The number of nitrogens with one attached hydrogen (secondary N) is 2. The number of rotatable bonds is 5. The van der Waals surface area contributed by atoms with Crippen molar-refractivity contribution in [3.05, 3.63) is 35.4 Å². The van der Waals surface area contributed by atoms with E-state index in [-0.39, 0.29) is 17.2 Å². The van der Waals surface area contributed by atoms with Gasteiger partial charge in [0.25, 0.3) is 0 Å². The SMILES string of the molecule is Cc1ccccc1C1(CNC(=O)C(C)C2CNC2)CC1. The lowest BCUT2D eigenvalue weighted by Crippen LogP contribution is -2.50. The fraction of sp³-hybridized carbons (Fsp3) is 0.588. The summed E-state index contributed by atoms with van der Waals surface area (Å²) in [5, 5.41) is 6.43. The van der Waals surface area contributed by atoms with Gasteiger partial charge >= 0.3 is 0 Å². The fourth-order valence-corrected chi connectivity index (χ4v) is 3.16. The second-order valence-electron chi connectivity index (χ2n) is 6.52. The first kappa shape index (κ1) is 13.6. The van der Waals surface area contributed by atoms with Crippen molar-refractivity contribution in [2.75, 3.05) is 19.6 Å². The van der Waals surface area contributed by atoms with Crippen LogP contribution in [0.25, 0.3) is 0 Å². The molecule has 108 valence electrons. The van der Waals surface area contributed by atoms with E-state index < -0.39 is 0 Å². The number of benzene rings is 1. The average Bonchev–Trinajstić information content (AvgIpc) is 3.15. The van der Waals surface area contributed by atoms with Crippen molar-refractivity contribution in [1.29, 1.82) is 0 Å². The summed E-state index contributed by atoms with van der Waals surface area (Å²) < 4.78 is 0. The van der Waals surface area contributed by atoms with Crippen LogP contribution in [0, 0.1) is 18.8 Å². The Morgan fingerprint density at radius 1 is 1.40 bits per heavy atom. The highest BCUT2D eigenvalue weighted by Crippen LogP contribution is 2.48. The van der Waals surface area contributed by atoms with Crippen LogP contribution < -0.4 is 10.6 Å². The summed E-state index contributed by atoms with van der Waals surface area (Å²) in [5.74, 6) is 0.865. The molecule has 1 saturated heterocycles. The molecule has 0 spiro atoms. The Kier molecular flexibility index (Phi) is 3.55. The number of aryl methyl sites for hydroxylation is 1. The predicted octanol–water partition coefficient (Wildman–Crippen LogP) is 2.00. The van der Waals surface area contributed by atoms with Gasteiger partial charge in [-0.15, -0.1) is 0 Å². The van der Waals surface area contributed by atoms with Crippen molar-refractivity contribution < 1.29 is 4.79 Å². The maximum atomic E-state index is 12.2. The van der Waals surface area contributed by atoms with E-state index in [1.165, 1.54) is 24.0 Å². The van der Waals surface area contributed by atoms with Gasteiger partial charge in [-0.25, -0.2) is 0 Å². The van der Waals surface area contributed by atoms with Crippen molar-refractivity contribution in [2.24, 2.45) is 11.8 Å². The van der Waals surface area contributed by atoms with Crippen LogP contribution in [0.5, 0.6) is 0 Å². The summed E-state index contributed by atoms with van der Waals surface area (Å²) in [6.07, 6.45) is 2.38. The first-order valence-electron chi connectivity index (χ1n) is 7.67. The van der Waals surface area contributed by atoms with Crippen LogP contribution in [0.15, 0.2) is 24.3 Å². The molecule has 1 heterocycles. The largest absolute Gasteiger partial charge is 0.355 e. The van der Waals surface area contributed by atoms with Crippen LogP contribution in [0.2, 0.25) is 0 Å². The van der Waals surface area contributed by atoms with E-state index >= 15 is 0 Å². The predicted molar refractivity (Wildman–Crippen MR) is 80.6 cm³/mol. The number of amides is 1. The lowest BCUT2D eigenvalue weighted by molar-refractivity contribution is -0.126. The molecule has 1 aromatic rings. The molecule has 2 fully saturated rings. The Balaban J connectivity index is 1.60. The van der Waals surface area contributed by atoms with Crippen LogP contribution in [0.1, 0.15) is 30.9 Å². The van der Waals surface area contributed by atoms with Gasteiger partial charge < -0.3 is 10.6 Å². The van der Waals surface area contributed by atoms with E-state index in [0.29, 0.717) is 5.92 Å². The summed E-state index contributed by atoms with van der Waals surface area (Å²) in [5.41, 5.74) is 2.97. The number of hydrogen-bond acceptors (Lipinski definition) is 2. The lowest BCUT2D eigenvalue weighted by atomic mass is 9.87. The van der Waals surface area contributed by atoms with Crippen molar-refractivity contribution in [3.8, 4) is 0 Å². The van der Waals surface area contributed by atoms with Crippen LogP contribution in [0.4, 0.5) is 0 Å². The molecule has 0 aromatic heterocycles. The zero-order valence-corrected chi connectivity index (χ0v) is 12.4. The third kappa shape index (κ3) is 2.47. The maximum Gasteiger partial charge on any atom is 0.223 e. The Bertz CT molecular complexity index is 503. The van der Waals surface area contributed by atoms with Gasteiger partial charge in [-0.2, -0.15) is 0 Å². The Labute approximate surface area is 121 Å². The molecule has 1 amide bonds. The first-order valence-corrected chi connectivity index (χ1v) is 7.67. The molecule has 1 unspecified atom stereocenters. The van der Waals surface area contributed by atoms with E-state index in [4.69, 9.17) is 0 Å². The van der Waals surface area contributed by atoms with Gasteiger partial charge in [-0.1, -0.05) is 31.2 Å². The minimum Gasteiger partial charge on any atom is -0.355 e.